The Kier molecular flexibility index (Phi) is 7.38. The third-order valence-corrected chi connectivity index (χ3v) is 6.56. The molecular formula is C30H26ClN5O3. The first-order valence-corrected chi connectivity index (χ1v) is 12.8. The van der Waals surface area contributed by atoms with Gasteiger partial charge in [-0.1, -0.05) is 46.6 Å². The number of fused-ring (bicyclic) bond motifs is 1. The zero-order chi connectivity index (χ0) is 27.5. The average Bonchev–Trinajstić information content (AvgIpc) is 3.33. The van der Waals surface area contributed by atoms with E-state index in [-0.39, 0.29) is 17.5 Å². The molecule has 0 unspecified atom stereocenters. The van der Waals surface area contributed by atoms with Crippen molar-refractivity contribution in [2.75, 3.05) is 11.9 Å². The van der Waals surface area contributed by atoms with E-state index in [2.05, 4.69) is 20.8 Å². The number of carbonyl (C=O) groups is 2. The number of anilines is 1. The standard InChI is InChI=1S/C30H26ClN5O3/c1-17-12-18(2)28-23(13-17)24(15-27(35-28)22-6-4-5-7-25(22)31)29(37)34-20-8-9-26(33-16-20)30(38)32-11-10-21-14-19(3)36-39-21/h4-9,12-16H,10-11H2,1-3H3,(H,32,38)(H,34,37). The van der Waals surface area contributed by atoms with Crippen molar-refractivity contribution in [1.29, 1.82) is 0 Å². The molecule has 2 amide bonds. The largest absolute Gasteiger partial charge is 0.361 e. The van der Waals surface area contributed by atoms with Crippen molar-refractivity contribution in [2.45, 2.75) is 27.2 Å². The van der Waals surface area contributed by atoms with Crippen LogP contribution in [0.3, 0.4) is 0 Å². The molecule has 0 spiro atoms. The number of benzene rings is 2. The number of rotatable bonds is 7. The number of carbonyl (C=O) groups excluding carboxylic acids is 2. The van der Waals surface area contributed by atoms with Crippen LogP contribution in [0.5, 0.6) is 0 Å². The van der Waals surface area contributed by atoms with Crippen LogP contribution >= 0.6 is 11.6 Å². The summed E-state index contributed by atoms with van der Waals surface area (Å²) in [5, 5.41) is 10.8. The first kappa shape index (κ1) is 26.1. The van der Waals surface area contributed by atoms with E-state index in [0.29, 0.717) is 40.7 Å². The second kappa shape index (κ2) is 11.0. The van der Waals surface area contributed by atoms with E-state index in [0.717, 1.165) is 33.3 Å². The van der Waals surface area contributed by atoms with Crippen molar-refractivity contribution < 1.29 is 14.1 Å². The van der Waals surface area contributed by atoms with Crippen LogP contribution in [0.25, 0.3) is 22.2 Å². The van der Waals surface area contributed by atoms with Crippen molar-refractivity contribution in [1.82, 2.24) is 20.4 Å². The lowest BCUT2D eigenvalue weighted by Crippen LogP contribution is -2.26. The number of nitrogens with zero attached hydrogens (tertiary/aromatic N) is 3. The van der Waals surface area contributed by atoms with Crippen LogP contribution < -0.4 is 10.6 Å². The highest BCUT2D eigenvalue weighted by Crippen LogP contribution is 2.31. The van der Waals surface area contributed by atoms with Crippen molar-refractivity contribution in [3.05, 3.63) is 106 Å². The summed E-state index contributed by atoms with van der Waals surface area (Å²) in [6.07, 6.45) is 1.98. The first-order chi connectivity index (χ1) is 18.8. The highest BCUT2D eigenvalue weighted by atomic mass is 35.5. The van der Waals surface area contributed by atoms with Gasteiger partial charge in [0.15, 0.2) is 0 Å². The molecule has 5 aromatic rings. The van der Waals surface area contributed by atoms with Crippen molar-refractivity contribution in [2.24, 2.45) is 0 Å². The molecule has 8 nitrogen and oxygen atoms in total. The van der Waals surface area contributed by atoms with Crippen molar-refractivity contribution >= 4 is 40.0 Å². The fraction of sp³-hybridized carbons (Fsp3) is 0.167. The van der Waals surface area contributed by atoms with Crippen LogP contribution in [-0.2, 0) is 6.42 Å². The van der Waals surface area contributed by atoms with Crippen LogP contribution in [0.15, 0.2) is 71.4 Å². The molecule has 196 valence electrons. The van der Waals surface area contributed by atoms with E-state index in [1.54, 1.807) is 24.3 Å². The number of hydrogen-bond donors (Lipinski definition) is 2. The summed E-state index contributed by atoms with van der Waals surface area (Å²) >= 11 is 6.45. The smallest absolute Gasteiger partial charge is 0.269 e. The van der Waals surface area contributed by atoms with Crippen molar-refractivity contribution in [3.63, 3.8) is 0 Å². The van der Waals surface area contributed by atoms with Crippen LogP contribution in [-0.4, -0.2) is 33.5 Å². The zero-order valence-corrected chi connectivity index (χ0v) is 22.5. The number of hydrogen-bond acceptors (Lipinski definition) is 6. The zero-order valence-electron chi connectivity index (χ0n) is 21.7. The Morgan fingerprint density at radius 3 is 2.51 bits per heavy atom. The molecule has 0 fully saturated rings. The maximum atomic E-state index is 13.5. The Morgan fingerprint density at radius 1 is 0.974 bits per heavy atom. The molecule has 0 bridgehead atoms. The summed E-state index contributed by atoms with van der Waals surface area (Å²) in [5.74, 6) is 0.0622. The molecule has 0 aliphatic carbocycles. The molecule has 2 aromatic carbocycles. The molecule has 3 heterocycles. The minimum absolute atomic E-state index is 0.239. The number of nitrogens with one attached hydrogen (secondary N) is 2. The van der Waals surface area contributed by atoms with Crippen LogP contribution in [0, 0.1) is 20.8 Å². The predicted molar refractivity (Wildman–Crippen MR) is 151 cm³/mol. The molecule has 2 N–H and O–H groups in total. The Hall–Kier alpha value is -4.56. The van der Waals surface area contributed by atoms with Crippen LogP contribution in [0.2, 0.25) is 5.02 Å². The Bertz CT molecular complexity index is 1700. The molecule has 0 aliphatic heterocycles. The summed E-state index contributed by atoms with van der Waals surface area (Å²) in [6.45, 7) is 6.18. The number of pyridine rings is 2. The fourth-order valence-electron chi connectivity index (χ4n) is 4.40. The van der Waals surface area contributed by atoms with Gasteiger partial charge in [-0.2, -0.15) is 0 Å². The molecule has 5 rings (SSSR count). The second-order valence-electron chi connectivity index (χ2n) is 9.34. The van der Waals surface area contributed by atoms with Gasteiger partial charge in [0.25, 0.3) is 11.8 Å². The number of amides is 2. The van der Waals surface area contributed by atoms with Crippen molar-refractivity contribution in [3.8, 4) is 11.3 Å². The van der Waals surface area contributed by atoms with Gasteiger partial charge in [-0.25, -0.2) is 9.97 Å². The topological polar surface area (TPSA) is 110 Å². The van der Waals surface area contributed by atoms with Gasteiger partial charge < -0.3 is 15.2 Å². The van der Waals surface area contributed by atoms with E-state index in [1.165, 1.54) is 6.20 Å². The number of aryl methyl sites for hydroxylation is 3. The van der Waals surface area contributed by atoms with Gasteiger partial charge in [0.05, 0.1) is 34.4 Å². The maximum Gasteiger partial charge on any atom is 0.269 e. The molecule has 0 saturated carbocycles. The molecule has 3 aromatic heterocycles. The summed E-state index contributed by atoms with van der Waals surface area (Å²) in [5.41, 5.74) is 6.02. The Morgan fingerprint density at radius 2 is 1.79 bits per heavy atom. The van der Waals surface area contributed by atoms with E-state index >= 15 is 0 Å². The molecule has 0 saturated heterocycles. The molecule has 0 atom stereocenters. The summed E-state index contributed by atoms with van der Waals surface area (Å²) in [6, 6.07) is 18.2. The van der Waals surface area contributed by atoms with Gasteiger partial charge in [-0.15, -0.1) is 0 Å². The van der Waals surface area contributed by atoms with Gasteiger partial charge in [-0.05, 0) is 56.7 Å². The molecule has 39 heavy (non-hydrogen) atoms. The minimum Gasteiger partial charge on any atom is -0.361 e. The van der Waals surface area contributed by atoms with E-state index < -0.39 is 0 Å². The van der Waals surface area contributed by atoms with E-state index in [9.17, 15) is 9.59 Å². The highest BCUT2D eigenvalue weighted by Gasteiger charge is 2.18. The lowest BCUT2D eigenvalue weighted by molar-refractivity contribution is 0.0948. The summed E-state index contributed by atoms with van der Waals surface area (Å²) < 4.78 is 5.15. The van der Waals surface area contributed by atoms with Gasteiger partial charge in [0, 0.05) is 35.0 Å². The Balaban J connectivity index is 1.36. The van der Waals surface area contributed by atoms with Crippen LogP contribution in [0.4, 0.5) is 5.69 Å². The minimum atomic E-state index is -0.320. The van der Waals surface area contributed by atoms with Gasteiger partial charge in [0.1, 0.15) is 11.5 Å². The first-order valence-electron chi connectivity index (χ1n) is 12.4. The SMILES string of the molecule is Cc1cc(C)c2nc(-c3ccccc3Cl)cc(C(=O)Nc3ccc(C(=O)NCCc4cc(C)no4)nc3)c2c1. The maximum absolute atomic E-state index is 13.5. The average molecular weight is 540 g/mol. The second-order valence-corrected chi connectivity index (χ2v) is 9.75. The third-order valence-electron chi connectivity index (χ3n) is 6.23. The van der Waals surface area contributed by atoms with E-state index in [1.807, 2.05) is 57.2 Å². The fourth-order valence-corrected chi connectivity index (χ4v) is 4.63. The third kappa shape index (κ3) is 5.81. The lowest BCUT2D eigenvalue weighted by atomic mass is 9.99. The lowest BCUT2D eigenvalue weighted by Gasteiger charge is -2.13. The van der Waals surface area contributed by atoms with Gasteiger partial charge >= 0.3 is 0 Å². The van der Waals surface area contributed by atoms with Gasteiger partial charge in [-0.3, -0.25) is 9.59 Å². The molecule has 0 aliphatic rings. The van der Waals surface area contributed by atoms with Crippen LogP contribution in [0.1, 0.15) is 43.4 Å². The van der Waals surface area contributed by atoms with Gasteiger partial charge in [0.2, 0.25) is 0 Å². The predicted octanol–water partition coefficient (Wildman–Crippen LogP) is 6.09. The number of halogens is 1. The number of aromatic nitrogens is 3. The molecule has 0 radical (unpaired) electrons. The highest BCUT2D eigenvalue weighted by molar-refractivity contribution is 6.33. The molecule has 9 heteroatoms. The summed E-state index contributed by atoms with van der Waals surface area (Å²) in [7, 11) is 0. The Labute approximate surface area is 230 Å². The normalized spacial score (nSPS) is 11.0. The van der Waals surface area contributed by atoms with E-state index in [4.69, 9.17) is 21.1 Å². The molecular weight excluding hydrogens is 514 g/mol. The summed E-state index contributed by atoms with van der Waals surface area (Å²) in [4.78, 5) is 35.1. The monoisotopic (exact) mass is 539 g/mol. The quantitative estimate of drug-likeness (QED) is 0.259.